The van der Waals surface area contributed by atoms with E-state index >= 15 is 0 Å². The van der Waals surface area contributed by atoms with Gasteiger partial charge in [-0.1, -0.05) is 41.2 Å². The van der Waals surface area contributed by atoms with Crippen molar-refractivity contribution in [3.05, 3.63) is 66.1 Å². The highest BCUT2D eigenvalue weighted by Gasteiger charge is 2.31. The lowest BCUT2D eigenvalue weighted by Crippen LogP contribution is -2.44. The fraction of sp³-hybridized carbons (Fsp3) is 0.320. The van der Waals surface area contributed by atoms with Gasteiger partial charge >= 0.3 is 6.09 Å². The van der Waals surface area contributed by atoms with Gasteiger partial charge in [-0.2, -0.15) is 4.98 Å². The first-order chi connectivity index (χ1) is 16.5. The lowest BCUT2D eigenvalue weighted by molar-refractivity contribution is 0.0465. The molecule has 10 heteroatoms. The van der Waals surface area contributed by atoms with E-state index < -0.39 is 17.2 Å². The molecule has 0 fully saturated rings. The first-order valence-electron chi connectivity index (χ1n) is 11.0. The number of ether oxygens (including phenoxy) is 1. The number of fused-ring (bicyclic) bond motifs is 1. The fourth-order valence-corrected chi connectivity index (χ4v) is 4.13. The molecule has 0 saturated carbocycles. The van der Waals surface area contributed by atoms with Gasteiger partial charge in [0.05, 0.1) is 5.75 Å². The molecule has 8 nitrogen and oxygen atoms in total. The molecule has 4 aromatic rings. The molecule has 2 aromatic heterocycles. The second-order valence-corrected chi connectivity index (χ2v) is 10.4. The number of halogens is 1. The second kappa shape index (κ2) is 9.61. The SMILES string of the molecule is CC(C)(C)OC(=O)NC(C)(C)c1noc(CSc2nnc(-c3ccc(F)cc3)c3ccccc23)n1. The molecule has 0 spiro atoms. The quantitative estimate of drug-likeness (QED) is 0.331. The highest BCUT2D eigenvalue weighted by Crippen LogP contribution is 2.33. The van der Waals surface area contributed by atoms with Crippen LogP contribution in [0.2, 0.25) is 0 Å². The summed E-state index contributed by atoms with van der Waals surface area (Å²) < 4.78 is 24.1. The molecule has 1 N–H and O–H groups in total. The number of thioether (sulfide) groups is 1. The van der Waals surface area contributed by atoms with Crippen LogP contribution in [0.1, 0.15) is 46.3 Å². The molecule has 2 heterocycles. The molecule has 182 valence electrons. The zero-order chi connectivity index (χ0) is 25.2. The summed E-state index contributed by atoms with van der Waals surface area (Å²) in [6, 6.07) is 14.0. The summed E-state index contributed by atoms with van der Waals surface area (Å²) in [6.45, 7) is 8.92. The Hall–Kier alpha value is -3.53. The number of hydrogen-bond donors (Lipinski definition) is 1. The Morgan fingerprint density at radius 2 is 1.71 bits per heavy atom. The van der Waals surface area contributed by atoms with Crippen molar-refractivity contribution in [2.45, 2.75) is 56.5 Å². The van der Waals surface area contributed by atoms with Gasteiger partial charge < -0.3 is 14.6 Å². The molecule has 0 atom stereocenters. The minimum absolute atomic E-state index is 0.304. The molecular formula is C25H26FN5O3S. The van der Waals surface area contributed by atoms with Crippen molar-refractivity contribution in [1.82, 2.24) is 25.7 Å². The van der Waals surface area contributed by atoms with Crippen molar-refractivity contribution in [1.29, 1.82) is 0 Å². The second-order valence-electron chi connectivity index (χ2n) is 9.46. The highest BCUT2D eigenvalue weighted by atomic mass is 32.2. The van der Waals surface area contributed by atoms with Crippen LogP contribution in [0.3, 0.4) is 0 Å². The monoisotopic (exact) mass is 495 g/mol. The van der Waals surface area contributed by atoms with Crippen LogP contribution in [-0.2, 0) is 16.0 Å². The van der Waals surface area contributed by atoms with Crippen molar-refractivity contribution in [3.8, 4) is 11.3 Å². The third-order valence-electron chi connectivity index (χ3n) is 4.94. The third kappa shape index (κ3) is 5.94. The van der Waals surface area contributed by atoms with E-state index in [0.29, 0.717) is 28.2 Å². The van der Waals surface area contributed by atoms with Crippen LogP contribution in [0.25, 0.3) is 22.0 Å². The fourth-order valence-electron chi connectivity index (χ4n) is 3.32. The molecule has 4 rings (SSSR count). The molecule has 0 unspecified atom stereocenters. The molecule has 0 aliphatic carbocycles. The zero-order valence-electron chi connectivity index (χ0n) is 20.1. The van der Waals surface area contributed by atoms with Crippen LogP contribution in [0.15, 0.2) is 58.1 Å². The summed E-state index contributed by atoms with van der Waals surface area (Å²) in [7, 11) is 0. The van der Waals surface area contributed by atoms with E-state index in [1.807, 2.05) is 24.3 Å². The Morgan fingerprint density at radius 3 is 2.40 bits per heavy atom. The first-order valence-corrected chi connectivity index (χ1v) is 12.0. The van der Waals surface area contributed by atoms with Gasteiger partial charge in [-0.3, -0.25) is 0 Å². The predicted molar refractivity (Wildman–Crippen MR) is 131 cm³/mol. The molecule has 0 aliphatic heterocycles. The van der Waals surface area contributed by atoms with Crippen molar-refractivity contribution in [2.75, 3.05) is 0 Å². The molecule has 0 aliphatic rings. The van der Waals surface area contributed by atoms with Crippen LogP contribution in [-0.4, -0.2) is 32.0 Å². The Kier molecular flexibility index (Phi) is 6.75. The van der Waals surface area contributed by atoms with Gasteiger partial charge in [0.2, 0.25) is 5.89 Å². The van der Waals surface area contributed by atoms with E-state index in [2.05, 4.69) is 25.7 Å². The summed E-state index contributed by atoms with van der Waals surface area (Å²) >= 11 is 1.41. The summed E-state index contributed by atoms with van der Waals surface area (Å²) in [4.78, 5) is 16.6. The number of nitrogens with one attached hydrogen (secondary N) is 1. The van der Waals surface area contributed by atoms with Crippen molar-refractivity contribution < 1.29 is 18.4 Å². The lowest BCUT2D eigenvalue weighted by atomic mass is 10.1. The Morgan fingerprint density at radius 1 is 1.03 bits per heavy atom. The summed E-state index contributed by atoms with van der Waals surface area (Å²) in [5.41, 5.74) is -0.0410. The average Bonchev–Trinajstić information content (AvgIpc) is 3.27. The third-order valence-corrected chi connectivity index (χ3v) is 5.91. The van der Waals surface area contributed by atoms with Crippen LogP contribution in [0.4, 0.5) is 9.18 Å². The van der Waals surface area contributed by atoms with Gasteiger partial charge in [-0.25, -0.2) is 9.18 Å². The van der Waals surface area contributed by atoms with E-state index in [1.54, 1.807) is 46.8 Å². The van der Waals surface area contributed by atoms with Crippen LogP contribution >= 0.6 is 11.8 Å². The topological polar surface area (TPSA) is 103 Å². The van der Waals surface area contributed by atoms with Crippen LogP contribution in [0.5, 0.6) is 0 Å². The van der Waals surface area contributed by atoms with Gasteiger partial charge in [0.25, 0.3) is 0 Å². The maximum atomic E-state index is 13.4. The molecule has 0 bridgehead atoms. The number of rotatable bonds is 6. The minimum atomic E-state index is -0.891. The average molecular weight is 496 g/mol. The maximum absolute atomic E-state index is 13.4. The van der Waals surface area contributed by atoms with Gasteiger partial charge in [0.1, 0.15) is 27.7 Å². The van der Waals surface area contributed by atoms with Crippen LogP contribution in [0, 0.1) is 5.82 Å². The molecular weight excluding hydrogens is 469 g/mol. The molecule has 0 radical (unpaired) electrons. The maximum Gasteiger partial charge on any atom is 0.408 e. The zero-order valence-corrected chi connectivity index (χ0v) is 20.9. The summed E-state index contributed by atoms with van der Waals surface area (Å²) in [5, 5.41) is 18.1. The lowest BCUT2D eigenvalue weighted by Gasteiger charge is -2.26. The standard InChI is InChI=1S/C25H26FN5O3S/c1-24(2,3)33-23(32)28-25(4,5)22-27-19(34-31-22)14-35-21-18-9-7-6-8-17(18)20(29-30-21)15-10-12-16(26)13-11-15/h6-13H,14H2,1-5H3,(H,28,32). The normalized spacial score (nSPS) is 12.1. The Labute approximate surface area is 206 Å². The largest absolute Gasteiger partial charge is 0.444 e. The predicted octanol–water partition coefficient (Wildman–Crippen LogP) is 5.87. The summed E-state index contributed by atoms with van der Waals surface area (Å²) in [6.07, 6.45) is -0.564. The minimum Gasteiger partial charge on any atom is -0.444 e. The highest BCUT2D eigenvalue weighted by molar-refractivity contribution is 7.98. The molecule has 0 saturated heterocycles. The molecule has 35 heavy (non-hydrogen) atoms. The Balaban J connectivity index is 1.50. The van der Waals surface area contributed by atoms with E-state index in [0.717, 1.165) is 16.3 Å². The summed E-state index contributed by atoms with van der Waals surface area (Å²) in [5.74, 6) is 0.782. The number of hydrogen-bond acceptors (Lipinski definition) is 8. The van der Waals surface area contributed by atoms with Gasteiger partial charge in [0, 0.05) is 16.3 Å². The van der Waals surface area contributed by atoms with E-state index in [9.17, 15) is 9.18 Å². The number of benzene rings is 2. The first kappa shape index (κ1) is 24.6. The van der Waals surface area contributed by atoms with Gasteiger partial charge in [-0.05, 0) is 58.9 Å². The molecule has 2 aromatic carbocycles. The van der Waals surface area contributed by atoms with E-state index in [4.69, 9.17) is 9.26 Å². The number of amides is 1. The number of carbonyl (C=O) groups excluding carboxylic acids is 1. The molecule has 1 amide bonds. The number of nitrogens with zero attached hydrogens (tertiary/aromatic N) is 4. The van der Waals surface area contributed by atoms with Crippen LogP contribution < -0.4 is 5.32 Å². The van der Waals surface area contributed by atoms with E-state index in [1.165, 1.54) is 23.9 Å². The van der Waals surface area contributed by atoms with Gasteiger partial charge in [0.15, 0.2) is 5.82 Å². The smallest absolute Gasteiger partial charge is 0.408 e. The number of carbonyl (C=O) groups is 1. The van der Waals surface area contributed by atoms with E-state index in [-0.39, 0.29) is 5.82 Å². The van der Waals surface area contributed by atoms with Crippen molar-refractivity contribution >= 4 is 28.6 Å². The van der Waals surface area contributed by atoms with Crippen molar-refractivity contribution in [2.24, 2.45) is 0 Å². The van der Waals surface area contributed by atoms with Crippen molar-refractivity contribution in [3.63, 3.8) is 0 Å². The van der Waals surface area contributed by atoms with Gasteiger partial charge in [-0.15, -0.1) is 10.2 Å². The number of alkyl carbamates (subject to hydrolysis) is 1. The Bertz CT molecular complexity index is 1350. The number of aromatic nitrogens is 4.